The van der Waals surface area contributed by atoms with E-state index in [2.05, 4.69) is 123 Å². The van der Waals surface area contributed by atoms with E-state index < -0.39 is 10.3 Å². The monoisotopic (exact) mass is 605 g/mol. The standard InChI is InChI=1S/C31H39NOS.C5H12.2C2H6/c1-9-13-29-27(15-12-16-28(29)24-18-20-25(21-19-24)31(4,5)6)23(3)34(7,8)33-30-17-11-10-14-26(30)22(2)32;1-4-5(2)3;2*1-2/h9-21,23,32H,1-8H3;5H,4H2,1-3H3;2*1-2H3/b13-9+,32-22?;;;. The lowest BCUT2D eigenvalue weighted by molar-refractivity contribution is 0.590. The highest BCUT2D eigenvalue weighted by molar-refractivity contribution is 8.29. The molecule has 0 amide bonds. The van der Waals surface area contributed by atoms with Gasteiger partial charge >= 0.3 is 0 Å². The average molecular weight is 606 g/mol. The molecule has 43 heavy (non-hydrogen) atoms. The Labute approximate surface area is 268 Å². The van der Waals surface area contributed by atoms with Gasteiger partial charge in [0, 0.05) is 16.5 Å². The van der Waals surface area contributed by atoms with Gasteiger partial charge in [0.1, 0.15) is 5.75 Å². The summed E-state index contributed by atoms with van der Waals surface area (Å²) in [4.78, 5) is 0. The van der Waals surface area contributed by atoms with Gasteiger partial charge in [0.05, 0.1) is 0 Å². The third-order valence-corrected chi connectivity index (χ3v) is 9.80. The molecule has 1 N–H and O–H groups in total. The number of benzene rings is 3. The number of nitrogens with one attached hydrogen (secondary N) is 1. The summed E-state index contributed by atoms with van der Waals surface area (Å²) in [5, 5.41) is 8.34. The second kappa shape index (κ2) is 19.5. The number of hydrogen-bond donors (Lipinski definition) is 1. The van der Waals surface area contributed by atoms with Crippen molar-refractivity contribution < 1.29 is 4.18 Å². The quantitative estimate of drug-likeness (QED) is 0.255. The van der Waals surface area contributed by atoms with E-state index in [-0.39, 0.29) is 10.7 Å². The second-order valence-electron chi connectivity index (χ2n) is 12.1. The third kappa shape index (κ3) is 12.4. The van der Waals surface area contributed by atoms with Crippen LogP contribution in [-0.4, -0.2) is 18.2 Å². The number of para-hydroxylation sites is 1. The molecule has 0 radical (unpaired) electrons. The highest BCUT2D eigenvalue weighted by atomic mass is 32.3. The zero-order valence-electron chi connectivity index (χ0n) is 30.2. The van der Waals surface area contributed by atoms with Crippen molar-refractivity contribution in [1.82, 2.24) is 0 Å². The number of hydrogen-bond acceptors (Lipinski definition) is 2. The topological polar surface area (TPSA) is 33.1 Å². The molecule has 0 fully saturated rings. The molecule has 3 aromatic carbocycles. The summed E-state index contributed by atoms with van der Waals surface area (Å²) in [6, 6.07) is 23.5. The van der Waals surface area contributed by atoms with E-state index in [1.807, 2.05) is 58.9 Å². The maximum absolute atomic E-state index is 8.14. The van der Waals surface area contributed by atoms with Gasteiger partial charge in [-0.2, -0.15) is 0 Å². The van der Waals surface area contributed by atoms with Crippen LogP contribution in [0.5, 0.6) is 5.75 Å². The van der Waals surface area contributed by atoms with Gasteiger partial charge in [0.25, 0.3) is 0 Å². The molecule has 3 heteroatoms. The van der Waals surface area contributed by atoms with E-state index >= 15 is 0 Å². The Morgan fingerprint density at radius 1 is 0.860 bits per heavy atom. The van der Waals surface area contributed by atoms with Crippen molar-refractivity contribution >= 4 is 22.1 Å². The summed E-state index contributed by atoms with van der Waals surface area (Å²) in [5.74, 6) is 1.68. The van der Waals surface area contributed by atoms with Crippen LogP contribution in [0, 0.1) is 11.3 Å². The Kier molecular flexibility index (Phi) is 18.2. The normalized spacial score (nSPS) is 12.2. The van der Waals surface area contributed by atoms with Crippen LogP contribution in [0.15, 0.2) is 72.8 Å². The van der Waals surface area contributed by atoms with Crippen molar-refractivity contribution in [1.29, 1.82) is 5.41 Å². The van der Waals surface area contributed by atoms with E-state index in [4.69, 9.17) is 9.59 Å². The highest BCUT2D eigenvalue weighted by Crippen LogP contribution is 2.56. The maximum atomic E-state index is 8.14. The molecular weight excluding hydrogens is 543 g/mol. The second-order valence-corrected chi connectivity index (χ2v) is 15.6. The van der Waals surface area contributed by atoms with Gasteiger partial charge in [-0.15, -0.1) is 0 Å². The molecule has 0 spiro atoms. The van der Waals surface area contributed by atoms with Gasteiger partial charge < -0.3 is 9.59 Å². The maximum Gasteiger partial charge on any atom is 0.143 e. The molecule has 1 unspecified atom stereocenters. The molecule has 1 atom stereocenters. The molecule has 0 bridgehead atoms. The Morgan fingerprint density at radius 3 is 1.86 bits per heavy atom. The Hall–Kier alpha value is -2.78. The molecule has 2 nitrogen and oxygen atoms in total. The minimum atomic E-state index is -1.52. The predicted molar refractivity (Wildman–Crippen MR) is 201 cm³/mol. The molecule has 3 rings (SSSR count). The largest absolute Gasteiger partial charge is 0.448 e. The molecule has 0 aliphatic heterocycles. The number of allylic oxidation sites excluding steroid dienone is 1. The van der Waals surface area contributed by atoms with Crippen molar-refractivity contribution in [3.05, 3.63) is 95.1 Å². The first-order chi connectivity index (χ1) is 20.2. The van der Waals surface area contributed by atoms with Gasteiger partial charge in [-0.25, -0.2) is 0 Å². The van der Waals surface area contributed by atoms with Crippen molar-refractivity contribution in [3.8, 4) is 16.9 Å². The fourth-order valence-electron chi connectivity index (χ4n) is 4.15. The lowest BCUT2D eigenvalue weighted by Gasteiger charge is -2.39. The first kappa shape index (κ1) is 40.2. The van der Waals surface area contributed by atoms with Crippen LogP contribution in [0.1, 0.15) is 124 Å². The minimum Gasteiger partial charge on any atom is -0.448 e. The summed E-state index contributed by atoms with van der Waals surface area (Å²) < 4.78 is 6.66. The van der Waals surface area contributed by atoms with Crippen LogP contribution < -0.4 is 4.18 Å². The van der Waals surface area contributed by atoms with Gasteiger partial charge in [-0.05, 0) is 84.6 Å². The van der Waals surface area contributed by atoms with E-state index in [1.165, 1.54) is 34.2 Å². The zero-order chi connectivity index (χ0) is 33.4. The van der Waals surface area contributed by atoms with E-state index in [9.17, 15) is 0 Å². The van der Waals surface area contributed by atoms with Crippen LogP contribution in [0.4, 0.5) is 0 Å². The minimum absolute atomic E-state index is 0.136. The first-order valence-corrected chi connectivity index (χ1v) is 18.6. The van der Waals surface area contributed by atoms with Crippen LogP contribution in [0.2, 0.25) is 0 Å². The van der Waals surface area contributed by atoms with Gasteiger partial charge in [0.15, 0.2) is 0 Å². The smallest absolute Gasteiger partial charge is 0.143 e. The highest BCUT2D eigenvalue weighted by Gasteiger charge is 2.28. The lowest BCUT2D eigenvalue weighted by atomic mass is 9.85. The molecule has 0 saturated carbocycles. The van der Waals surface area contributed by atoms with Crippen LogP contribution in [0.3, 0.4) is 0 Å². The lowest BCUT2D eigenvalue weighted by Crippen LogP contribution is -2.14. The molecule has 3 aromatic rings. The van der Waals surface area contributed by atoms with E-state index in [1.54, 1.807) is 0 Å². The predicted octanol–water partition coefficient (Wildman–Crippen LogP) is 13.3. The fourth-order valence-corrected chi connectivity index (χ4v) is 5.72. The molecule has 0 aliphatic carbocycles. The van der Waals surface area contributed by atoms with Crippen molar-refractivity contribution in [3.63, 3.8) is 0 Å². The SMILES string of the molecule is C/C=C/c1c(-c2ccc(C(C)(C)C)cc2)cccc1C(C)S(C)(C)Oc1ccccc1C(C)=N.CC.CC.CCC(C)C. The average Bonchev–Trinajstić information content (AvgIpc) is 2.99. The Bertz CT molecular complexity index is 1250. The van der Waals surface area contributed by atoms with Crippen LogP contribution in [0.25, 0.3) is 17.2 Å². The number of rotatable bonds is 8. The van der Waals surface area contributed by atoms with E-state index in [0.717, 1.165) is 17.2 Å². The van der Waals surface area contributed by atoms with Crippen LogP contribution >= 0.6 is 10.3 Å². The van der Waals surface area contributed by atoms with Crippen molar-refractivity contribution in [2.45, 2.75) is 107 Å². The summed E-state index contributed by atoms with van der Waals surface area (Å²) in [7, 11) is -1.52. The van der Waals surface area contributed by atoms with Gasteiger partial charge in [-0.1, -0.05) is 153 Å². The van der Waals surface area contributed by atoms with Crippen LogP contribution in [-0.2, 0) is 5.41 Å². The van der Waals surface area contributed by atoms with E-state index in [0.29, 0.717) is 5.71 Å². The fraction of sp³-hybridized carbons (Fsp3) is 0.475. The summed E-state index contributed by atoms with van der Waals surface area (Å²) in [6.07, 6.45) is 10.1. The Morgan fingerprint density at radius 2 is 1.40 bits per heavy atom. The molecule has 0 aliphatic rings. The zero-order valence-corrected chi connectivity index (χ0v) is 31.0. The molecule has 0 aromatic heterocycles. The third-order valence-electron chi connectivity index (χ3n) is 7.24. The Balaban J connectivity index is 0.00000174. The van der Waals surface area contributed by atoms with Gasteiger partial charge in [-0.3, -0.25) is 0 Å². The van der Waals surface area contributed by atoms with Gasteiger partial charge in [0.2, 0.25) is 0 Å². The summed E-state index contributed by atoms with van der Waals surface area (Å²) >= 11 is 0. The van der Waals surface area contributed by atoms with Crippen molar-refractivity contribution in [2.24, 2.45) is 5.92 Å². The van der Waals surface area contributed by atoms with Crippen molar-refractivity contribution in [2.75, 3.05) is 12.5 Å². The molecule has 0 saturated heterocycles. The molecule has 240 valence electrons. The summed E-state index contributed by atoms with van der Waals surface area (Å²) in [6.45, 7) is 27.5. The molecule has 0 heterocycles. The molecular formula is C40H63NOS. The first-order valence-electron chi connectivity index (χ1n) is 16.2. The summed E-state index contributed by atoms with van der Waals surface area (Å²) in [5.41, 5.74) is 7.87.